The van der Waals surface area contributed by atoms with E-state index in [1.807, 2.05) is 6.07 Å². The van der Waals surface area contributed by atoms with Gasteiger partial charge in [0.25, 0.3) is 0 Å². The van der Waals surface area contributed by atoms with Crippen molar-refractivity contribution in [3.05, 3.63) is 65.2 Å². The lowest BCUT2D eigenvalue weighted by molar-refractivity contribution is -0.110. The van der Waals surface area contributed by atoms with Crippen LogP contribution in [0.4, 0.5) is 0 Å². The van der Waals surface area contributed by atoms with Gasteiger partial charge in [0.05, 0.1) is 11.5 Å². The Morgan fingerprint density at radius 2 is 1.83 bits per heavy atom. The van der Waals surface area contributed by atoms with E-state index < -0.39 is 10.0 Å². The number of benzene rings is 2. The minimum Gasteiger partial charge on any atom is -0.383 e. The molecule has 2 aromatic carbocycles. The molecular weight excluding hydrogens is 408 g/mol. The van der Waals surface area contributed by atoms with Crippen molar-refractivity contribution in [2.75, 3.05) is 39.9 Å². The van der Waals surface area contributed by atoms with E-state index in [9.17, 15) is 8.42 Å². The first-order valence-corrected chi connectivity index (χ1v) is 11.8. The summed E-state index contributed by atoms with van der Waals surface area (Å²) in [5, 5.41) is 0.441. The van der Waals surface area contributed by atoms with Gasteiger partial charge < -0.3 is 4.74 Å². The molecule has 1 spiro atoms. The maximum Gasteiger partial charge on any atom is 0.243 e. The summed E-state index contributed by atoms with van der Waals surface area (Å²) in [7, 11) is -1.78. The first-order chi connectivity index (χ1) is 14.0. The van der Waals surface area contributed by atoms with E-state index in [-0.39, 0.29) is 10.3 Å². The smallest absolute Gasteiger partial charge is 0.243 e. The van der Waals surface area contributed by atoms with Gasteiger partial charge in [0.15, 0.2) is 0 Å². The van der Waals surface area contributed by atoms with Crippen LogP contribution in [0.15, 0.2) is 59.5 Å². The molecule has 2 saturated heterocycles. The zero-order valence-electron chi connectivity index (χ0n) is 16.6. The second-order valence-electron chi connectivity index (χ2n) is 8.00. The molecule has 1 atom stereocenters. The van der Waals surface area contributed by atoms with Crippen LogP contribution >= 0.6 is 11.6 Å². The number of hydrogen-bond donors (Lipinski definition) is 0. The molecule has 2 aliphatic heterocycles. The van der Waals surface area contributed by atoms with Gasteiger partial charge in [-0.15, -0.1) is 0 Å². The molecule has 0 bridgehead atoms. The third-order valence-corrected chi connectivity index (χ3v) is 8.44. The van der Waals surface area contributed by atoms with E-state index in [1.54, 1.807) is 29.6 Å². The molecule has 2 aliphatic rings. The van der Waals surface area contributed by atoms with Crippen LogP contribution in [-0.2, 0) is 14.8 Å². The fraction of sp³-hybridized carbons (Fsp3) is 0.455. The van der Waals surface area contributed by atoms with Gasteiger partial charge in [-0.05, 0) is 36.6 Å². The monoisotopic (exact) mass is 434 g/mol. The summed E-state index contributed by atoms with van der Waals surface area (Å²) in [6, 6.07) is 17.4. The Morgan fingerprint density at radius 3 is 2.48 bits per heavy atom. The fourth-order valence-corrected chi connectivity index (χ4v) is 6.60. The predicted octanol–water partition coefficient (Wildman–Crippen LogP) is 3.81. The maximum atomic E-state index is 13.1. The van der Waals surface area contributed by atoms with Crippen molar-refractivity contribution in [2.45, 2.75) is 23.8 Å². The summed E-state index contributed by atoms with van der Waals surface area (Å²) in [6.45, 7) is 3.66. The van der Waals surface area contributed by atoms with Gasteiger partial charge in [-0.1, -0.05) is 48.0 Å². The summed E-state index contributed by atoms with van der Waals surface area (Å²) in [5.41, 5.74) is 1.43. The first-order valence-electron chi connectivity index (χ1n) is 10.00. The van der Waals surface area contributed by atoms with Crippen molar-refractivity contribution in [1.29, 1.82) is 0 Å². The molecule has 5 nitrogen and oxygen atoms in total. The van der Waals surface area contributed by atoms with Gasteiger partial charge in [0, 0.05) is 49.8 Å². The minimum absolute atomic E-state index is 0.120. The second kappa shape index (κ2) is 8.36. The molecule has 0 aliphatic carbocycles. The van der Waals surface area contributed by atoms with Gasteiger partial charge in [-0.2, -0.15) is 4.31 Å². The highest BCUT2D eigenvalue weighted by Gasteiger charge is 2.54. The zero-order chi connectivity index (χ0) is 20.5. The van der Waals surface area contributed by atoms with E-state index >= 15 is 0 Å². The molecule has 29 heavy (non-hydrogen) atoms. The van der Waals surface area contributed by atoms with Crippen molar-refractivity contribution in [2.24, 2.45) is 5.41 Å². The number of methoxy groups -OCH3 is 1. The predicted molar refractivity (Wildman–Crippen MR) is 115 cm³/mol. The van der Waals surface area contributed by atoms with Gasteiger partial charge >= 0.3 is 0 Å². The number of ether oxygens (including phenoxy) is 1. The number of halogens is 1. The average molecular weight is 435 g/mol. The van der Waals surface area contributed by atoms with Crippen LogP contribution in [0.25, 0.3) is 0 Å². The molecule has 7 heteroatoms. The van der Waals surface area contributed by atoms with Gasteiger partial charge in [0.2, 0.25) is 10.0 Å². The maximum absolute atomic E-state index is 13.1. The highest BCUT2D eigenvalue weighted by molar-refractivity contribution is 7.89. The number of rotatable bonds is 6. The van der Waals surface area contributed by atoms with Crippen LogP contribution in [0.3, 0.4) is 0 Å². The van der Waals surface area contributed by atoms with Crippen molar-refractivity contribution in [3.8, 4) is 0 Å². The third-order valence-electron chi connectivity index (χ3n) is 6.31. The van der Waals surface area contributed by atoms with Gasteiger partial charge in [-0.25, -0.2) is 8.42 Å². The van der Waals surface area contributed by atoms with Crippen LogP contribution in [-0.4, -0.2) is 57.5 Å². The quantitative estimate of drug-likeness (QED) is 0.693. The number of likely N-dealkylation sites (tertiary alicyclic amines) is 1. The second-order valence-corrected chi connectivity index (χ2v) is 10.4. The summed E-state index contributed by atoms with van der Waals surface area (Å²) in [6.07, 6.45) is 1.71. The van der Waals surface area contributed by atoms with Gasteiger partial charge in [0.1, 0.15) is 0 Å². The topological polar surface area (TPSA) is 49.9 Å². The third kappa shape index (κ3) is 3.97. The Labute approximate surface area is 178 Å². The molecule has 156 valence electrons. The van der Waals surface area contributed by atoms with E-state index in [0.29, 0.717) is 30.8 Å². The van der Waals surface area contributed by atoms with E-state index in [2.05, 4.69) is 29.2 Å². The number of sulfonamides is 1. The molecule has 1 unspecified atom stereocenters. The number of nitrogens with zero attached hydrogens (tertiary/aromatic N) is 2. The summed E-state index contributed by atoms with van der Waals surface area (Å²) in [4.78, 5) is 2.73. The Balaban J connectivity index is 1.51. The molecule has 0 radical (unpaired) electrons. The molecule has 0 amide bonds. The van der Waals surface area contributed by atoms with Crippen molar-refractivity contribution in [1.82, 2.24) is 9.21 Å². The molecule has 2 aromatic rings. The van der Waals surface area contributed by atoms with E-state index in [0.717, 1.165) is 25.9 Å². The molecule has 0 aromatic heterocycles. The average Bonchev–Trinajstić information content (AvgIpc) is 2.72. The summed E-state index contributed by atoms with van der Waals surface area (Å²) < 4.78 is 33.0. The Morgan fingerprint density at radius 1 is 1.10 bits per heavy atom. The fourth-order valence-electron chi connectivity index (χ4n) is 4.85. The van der Waals surface area contributed by atoms with Crippen LogP contribution in [0.1, 0.15) is 24.4 Å². The molecule has 2 fully saturated rings. The van der Waals surface area contributed by atoms with E-state index in [1.165, 1.54) is 11.6 Å². The van der Waals surface area contributed by atoms with Crippen molar-refractivity contribution in [3.63, 3.8) is 0 Å². The van der Waals surface area contributed by atoms with Crippen molar-refractivity contribution < 1.29 is 13.2 Å². The van der Waals surface area contributed by atoms with Crippen LogP contribution in [0.5, 0.6) is 0 Å². The normalized spacial score (nSPS) is 22.5. The number of piperidine rings is 1. The molecule has 4 rings (SSSR count). The summed E-state index contributed by atoms with van der Waals surface area (Å²) in [5.74, 6) is 0. The molecular formula is C22H27ClN2O3S. The zero-order valence-corrected chi connectivity index (χ0v) is 18.2. The van der Waals surface area contributed by atoms with Crippen molar-refractivity contribution >= 4 is 21.6 Å². The van der Waals surface area contributed by atoms with E-state index in [4.69, 9.17) is 16.3 Å². The Hall–Kier alpha value is -1.44. The van der Waals surface area contributed by atoms with Gasteiger partial charge in [-0.3, -0.25) is 4.90 Å². The van der Waals surface area contributed by atoms with Crippen LogP contribution in [0, 0.1) is 5.41 Å². The summed E-state index contributed by atoms with van der Waals surface area (Å²) >= 11 is 6.01. The standard InChI is InChI=1S/C22H27ClN2O3S/c1-28-15-14-24-17-22(21(24)18-6-3-2-4-7-18)10-12-25(13-11-22)29(26,27)20-9-5-8-19(23)16-20/h2-9,16,21H,10-15,17H2,1H3. The molecule has 0 saturated carbocycles. The highest BCUT2D eigenvalue weighted by atomic mass is 35.5. The minimum atomic E-state index is -3.51. The molecule has 0 N–H and O–H groups in total. The highest BCUT2D eigenvalue weighted by Crippen LogP contribution is 2.55. The van der Waals surface area contributed by atoms with Crippen LogP contribution in [0.2, 0.25) is 5.02 Å². The lowest BCUT2D eigenvalue weighted by Gasteiger charge is -2.60. The first kappa shape index (κ1) is 20.8. The lowest BCUT2D eigenvalue weighted by Crippen LogP contribution is -2.62. The Kier molecular flexibility index (Phi) is 6.00. The lowest BCUT2D eigenvalue weighted by atomic mass is 9.63. The number of hydrogen-bond acceptors (Lipinski definition) is 4. The Bertz CT molecular complexity index is 944. The van der Waals surface area contributed by atoms with Crippen LogP contribution < -0.4 is 0 Å². The SMILES string of the molecule is COCCN1CC2(CCN(S(=O)(=O)c3cccc(Cl)c3)CC2)C1c1ccccc1. The largest absolute Gasteiger partial charge is 0.383 e. The molecule has 2 heterocycles.